The van der Waals surface area contributed by atoms with E-state index in [1.807, 2.05) is 16.7 Å². The maximum atomic E-state index is 13.8. The number of carbonyl (C=O) groups is 1. The Kier molecular flexibility index (Phi) is 4.50. The lowest BCUT2D eigenvalue weighted by molar-refractivity contribution is 0.101. The van der Waals surface area contributed by atoms with Gasteiger partial charge in [0.25, 0.3) is 0 Å². The Morgan fingerprint density at radius 1 is 1.15 bits per heavy atom. The number of rotatable bonds is 6. The average molecular weight is 372 g/mol. The third-order valence-electron chi connectivity index (χ3n) is 4.08. The molecule has 1 saturated carbocycles. The summed E-state index contributed by atoms with van der Waals surface area (Å²) in [5.74, 6) is -1.16. The number of pyridine rings is 1. The van der Waals surface area contributed by atoms with Gasteiger partial charge in [-0.1, -0.05) is 11.8 Å². The third-order valence-corrected chi connectivity index (χ3v) is 5.02. The molecule has 2 aromatic heterocycles. The molecule has 1 aliphatic rings. The lowest BCUT2D eigenvalue weighted by Gasteiger charge is -2.08. The van der Waals surface area contributed by atoms with Gasteiger partial charge < -0.3 is 0 Å². The van der Waals surface area contributed by atoms with E-state index in [2.05, 4.69) is 15.2 Å². The summed E-state index contributed by atoms with van der Waals surface area (Å²) in [7, 11) is 0. The Morgan fingerprint density at radius 2 is 1.92 bits per heavy atom. The second kappa shape index (κ2) is 6.95. The van der Waals surface area contributed by atoms with E-state index in [9.17, 15) is 13.6 Å². The first-order chi connectivity index (χ1) is 12.6. The number of nitrogens with zero attached hydrogens (tertiary/aromatic N) is 4. The quantitative estimate of drug-likeness (QED) is 0.485. The van der Waals surface area contributed by atoms with E-state index in [4.69, 9.17) is 0 Å². The van der Waals surface area contributed by atoms with Crippen LogP contribution in [0.1, 0.15) is 29.2 Å². The van der Waals surface area contributed by atoms with Crippen molar-refractivity contribution in [3.63, 3.8) is 0 Å². The van der Waals surface area contributed by atoms with Crippen molar-refractivity contribution in [3.8, 4) is 11.4 Å². The first-order valence-electron chi connectivity index (χ1n) is 8.10. The summed E-state index contributed by atoms with van der Waals surface area (Å²) in [6.45, 7) is 0. The van der Waals surface area contributed by atoms with E-state index in [1.165, 1.54) is 11.8 Å². The summed E-state index contributed by atoms with van der Waals surface area (Å²) in [4.78, 5) is 16.3. The van der Waals surface area contributed by atoms with Crippen LogP contribution >= 0.6 is 11.8 Å². The summed E-state index contributed by atoms with van der Waals surface area (Å²) < 4.78 is 29.0. The molecule has 132 valence electrons. The molecule has 0 saturated heterocycles. The fourth-order valence-electron chi connectivity index (χ4n) is 2.65. The number of aromatic nitrogens is 4. The van der Waals surface area contributed by atoms with E-state index in [-0.39, 0.29) is 11.3 Å². The smallest absolute Gasteiger partial charge is 0.192 e. The number of ketones is 1. The molecule has 0 amide bonds. The van der Waals surface area contributed by atoms with Crippen molar-refractivity contribution in [1.29, 1.82) is 0 Å². The van der Waals surface area contributed by atoms with Crippen molar-refractivity contribution < 1.29 is 13.6 Å². The predicted octanol–water partition coefficient (Wildman–Crippen LogP) is 3.93. The topological polar surface area (TPSA) is 60.7 Å². The number of hydrogen-bond acceptors (Lipinski definition) is 5. The molecule has 0 bridgehead atoms. The lowest BCUT2D eigenvalue weighted by atomic mass is 10.1. The van der Waals surface area contributed by atoms with Crippen LogP contribution in [0.4, 0.5) is 8.78 Å². The lowest BCUT2D eigenvalue weighted by Crippen LogP contribution is -2.07. The van der Waals surface area contributed by atoms with Gasteiger partial charge in [-0.15, -0.1) is 10.2 Å². The molecule has 0 atom stereocenters. The van der Waals surface area contributed by atoms with Gasteiger partial charge in [-0.3, -0.25) is 14.3 Å². The fourth-order valence-corrected chi connectivity index (χ4v) is 3.54. The highest BCUT2D eigenvalue weighted by molar-refractivity contribution is 7.99. The minimum Gasteiger partial charge on any atom is -0.299 e. The van der Waals surface area contributed by atoms with Crippen LogP contribution in [-0.4, -0.2) is 31.3 Å². The third kappa shape index (κ3) is 3.37. The molecule has 2 heterocycles. The van der Waals surface area contributed by atoms with Gasteiger partial charge in [0, 0.05) is 24.0 Å². The molecule has 0 N–H and O–H groups in total. The van der Waals surface area contributed by atoms with Crippen molar-refractivity contribution in [2.24, 2.45) is 0 Å². The predicted molar refractivity (Wildman–Crippen MR) is 92.9 cm³/mol. The second-order valence-electron chi connectivity index (χ2n) is 5.98. The van der Waals surface area contributed by atoms with Crippen LogP contribution in [0.3, 0.4) is 0 Å². The van der Waals surface area contributed by atoms with E-state index in [0.717, 1.165) is 42.4 Å². The monoisotopic (exact) mass is 372 g/mol. The molecular weight excluding hydrogens is 358 g/mol. The fraction of sp³-hybridized carbons (Fsp3) is 0.222. The summed E-state index contributed by atoms with van der Waals surface area (Å²) in [5.41, 5.74) is 0.651. The molecule has 1 aromatic carbocycles. The Morgan fingerprint density at radius 3 is 2.65 bits per heavy atom. The molecule has 8 heteroatoms. The molecule has 0 aliphatic heterocycles. The Hall–Kier alpha value is -2.61. The SMILES string of the molecule is O=C(CSc1nnc(-c2ccncc2)n1C1CC1)c1cc(F)ccc1F. The number of thioether (sulfide) groups is 1. The van der Waals surface area contributed by atoms with E-state index >= 15 is 0 Å². The number of Topliss-reactive ketones (excluding diaryl/α,β-unsaturated/α-hetero) is 1. The summed E-state index contributed by atoms with van der Waals surface area (Å²) in [5, 5.41) is 9.05. The Balaban J connectivity index is 1.56. The first-order valence-corrected chi connectivity index (χ1v) is 9.08. The standard InChI is InChI=1S/C18H14F2N4OS/c19-12-1-4-15(20)14(9-12)16(25)10-26-18-23-22-17(24(18)13-2-3-13)11-5-7-21-8-6-11/h1,4-9,13H,2-3,10H2. The summed E-state index contributed by atoms with van der Waals surface area (Å²) in [6.07, 6.45) is 5.42. The maximum Gasteiger partial charge on any atom is 0.192 e. The molecule has 4 rings (SSSR count). The van der Waals surface area contributed by atoms with Gasteiger partial charge in [0.15, 0.2) is 16.8 Å². The zero-order valence-corrected chi connectivity index (χ0v) is 14.4. The van der Waals surface area contributed by atoms with Crippen molar-refractivity contribution in [2.75, 3.05) is 5.75 Å². The molecule has 0 spiro atoms. The van der Waals surface area contributed by atoms with Crippen LogP contribution in [0.15, 0.2) is 47.9 Å². The molecule has 3 aromatic rings. The van der Waals surface area contributed by atoms with E-state index in [0.29, 0.717) is 11.2 Å². The molecule has 0 unspecified atom stereocenters. The van der Waals surface area contributed by atoms with Crippen LogP contribution in [0.5, 0.6) is 0 Å². The maximum absolute atomic E-state index is 13.8. The highest BCUT2D eigenvalue weighted by Gasteiger charge is 2.30. The molecule has 1 aliphatic carbocycles. The van der Waals surface area contributed by atoms with Crippen LogP contribution in [0.2, 0.25) is 0 Å². The van der Waals surface area contributed by atoms with Gasteiger partial charge >= 0.3 is 0 Å². The van der Waals surface area contributed by atoms with Gasteiger partial charge in [0.1, 0.15) is 11.6 Å². The Bertz CT molecular complexity index is 957. The van der Waals surface area contributed by atoms with Crippen LogP contribution in [0.25, 0.3) is 11.4 Å². The summed E-state index contributed by atoms with van der Waals surface area (Å²) in [6, 6.07) is 6.88. The van der Waals surface area contributed by atoms with Crippen LogP contribution in [-0.2, 0) is 0 Å². The molecule has 5 nitrogen and oxygen atoms in total. The Labute approximate surface area is 152 Å². The van der Waals surface area contributed by atoms with Crippen molar-refractivity contribution in [2.45, 2.75) is 24.0 Å². The highest BCUT2D eigenvalue weighted by Crippen LogP contribution is 2.41. The highest BCUT2D eigenvalue weighted by atomic mass is 32.2. The molecule has 26 heavy (non-hydrogen) atoms. The number of halogens is 2. The van der Waals surface area contributed by atoms with Gasteiger partial charge in [0.05, 0.1) is 11.3 Å². The average Bonchev–Trinajstić information content (AvgIpc) is 3.41. The number of carbonyl (C=O) groups excluding carboxylic acids is 1. The normalized spacial score (nSPS) is 13.8. The van der Waals surface area contributed by atoms with Gasteiger partial charge in [-0.25, -0.2) is 8.78 Å². The number of benzene rings is 1. The molecule has 0 radical (unpaired) electrons. The summed E-state index contributed by atoms with van der Waals surface area (Å²) >= 11 is 1.18. The van der Waals surface area contributed by atoms with Gasteiger partial charge in [-0.2, -0.15) is 0 Å². The molecule has 1 fully saturated rings. The number of hydrogen-bond donors (Lipinski definition) is 0. The van der Waals surface area contributed by atoms with Crippen molar-refractivity contribution >= 4 is 17.5 Å². The van der Waals surface area contributed by atoms with Crippen molar-refractivity contribution in [3.05, 3.63) is 59.9 Å². The van der Waals surface area contributed by atoms with Gasteiger partial charge in [0.2, 0.25) is 0 Å². The second-order valence-corrected chi connectivity index (χ2v) is 6.92. The molecular formula is C18H14F2N4OS. The van der Waals surface area contributed by atoms with E-state index < -0.39 is 17.4 Å². The largest absolute Gasteiger partial charge is 0.299 e. The zero-order valence-electron chi connectivity index (χ0n) is 13.6. The van der Waals surface area contributed by atoms with Crippen LogP contribution < -0.4 is 0 Å². The van der Waals surface area contributed by atoms with Crippen molar-refractivity contribution in [1.82, 2.24) is 19.7 Å². The van der Waals surface area contributed by atoms with E-state index in [1.54, 1.807) is 12.4 Å². The first kappa shape index (κ1) is 16.8. The minimum absolute atomic E-state index is 0.0401. The van der Waals surface area contributed by atoms with Crippen LogP contribution in [0, 0.1) is 11.6 Å². The van der Waals surface area contributed by atoms with Gasteiger partial charge in [-0.05, 0) is 43.2 Å². The minimum atomic E-state index is -0.724. The zero-order chi connectivity index (χ0) is 18.1.